The fraction of sp³-hybridized carbons (Fsp3) is 0. The highest BCUT2D eigenvalue weighted by Crippen LogP contribution is 2.39. The first-order chi connectivity index (χ1) is 16.3. The van der Waals surface area contributed by atoms with Crippen LogP contribution in [0.1, 0.15) is 5.69 Å². The molecule has 0 fully saturated rings. The Morgan fingerprint density at radius 2 is 1.15 bits per heavy atom. The van der Waals surface area contributed by atoms with E-state index in [9.17, 15) is 0 Å². The first kappa shape index (κ1) is 19.0. The maximum absolute atomic E-state index is 9.13. The topological polar surface area (TPSA) is 41.6 Å². The van der Waals surface area contributed by atoms with E-state index in [1.165, 1.54) is 21.8 Å². The van der Waals surface area contributed by atoms with Gasteiger partial charge in [0.1, 0.15) is 11.8 Å². The molecule has 0 unspecified atom stereocenters. The highest BCUT2D eigenvalue weighted by Gasteiger charge is 2.16. The zero-order valence-electron chi connectivity index (χ0n) is 17.8. The molecule has 6 rings (SSSR count). The average molecular weight is 422 g/mol. The van der Waals surface area contributed by atoms with Crippen molar-refractivity contribution >= 4 is 21.8 Å². The van der Waals surface area contributed by atoms with Crippen LogP contribution >= 0.6 is 0 Å². The maximum atomic E-state index is 9.13. The fourth-order valence-electron chi connectivity index (χ4n) is 4.67. The third-order valence-corrected chi connectivity index (χ3v) is 6.13. The molecule has 0 saturated carbocycles. The van der Waals surface area contributed by atoms with Crippen molar-refractivity contribution < 1.29 is 0 Å². The number of rotatable bonds is 3. The van der Waals surface area contributed by atoms with Gasteiger partial charge in [0, 0.05) is 28.1 Å². The second-order valence-electron chi connectivity index (χ2n) is 7.98. The number of aromatic nitrogens is 2. The van der Waals surface area contributed by atoms with Crippen LogP contribution in [-0.2, 0) is 0 Å². The summed E-state index contributed by atoms with van der Waals surface area (Å²) < 4.78 is 2.35. The van der Waals surface area contributed by atoms with E-state index in [0.29, 0.717) is 5.69 Å². The molecule has 33 heavy (non-hydrogen) atoms. The van der Waals surface area contributed by atoms with Crippen LogP contribution in [0.4, 0.5) is 0 Å². The average Bonchev–Trinajstić information content (AvgIpc) is 3.23. The lowest BCUT2D eigenvalue weighted by atomic mass is 9.94. The Morgan fingerprint density at radius 3 is 1.79 bits per heavy atom. The van der Waals surface area contributed by atoms with Crippen LogP contribution in [0, 0.1) is 11.3 Å². The molecule has 0 amide bonds. The van der Waals surface area contributed by atoms with Gasteiger partial charge < -0.3 is 4.57 Å². The molecule has 0 aliphatic heterocycles. The van der Waals surface area contributed by atoms with Crippen LogP contribution < -0.4 is 0 Å². The molecule has 0 N–H and O–H groups in total. The first-order valence-corrected chi connectivity index (χ1v) is 10.9. The molecule has 0 aliphatic rings. The normalized spacial score (nSPS) is 11.0. The number of fused-ring (bicyclic) bond motifs is 3. The zero-order valence-corrected chi connectivity index (χ0v) is 17.8. The van der Waals surface area contributed by atoms with Crippen LogP contribution in [0.25, 0.3) is 49.7 Å². The van der Waals surface area contributed by atoms with Gasteiger partial charge in [0.2, 0.25) is 0 Å². The smallest absolute Gasteiger partial charge is 0.140 e. The van der Waals surface area contributed by atoms with Crippen molar-refractivity contribution in [2.24, 2.45) is 0 Å². The molecular formula is C30H19N3. The number of hydrogen-bond donors (Lipinski definition) is 0. The number of benzene rings is 4. The summed E-state index contributed by atoms with van der Waals surface area (Å²) in [5.41, 5.74) is 8.26. The van der Waals surface area contributed by atoms with Crippen LogP contribution in [0.15, 0.2) is 115 Å². The molecule has 0 atom stereocenters. The van der Waals surface area contributed by atoms with E-state index >= 15 is 0 Å². The Labute approximate surface area is 191 Å². The van der Waals surface area contributed by atoms with Crippen LogP contribution in [0.5, 0.6) is 0 Å². The molecule has 0 radical (unpaired) electrons. The Bertz CT molecular complexity index is 1610. The molecule has 3 nitrogen and oxygen atoms in total. The SMILES string of the molecule is N#Cc1ccc(-c2ccccc2-c2ccccc2-n2c3ccccc3c3ccccc32)cn1. The van der Waals surface area contributed by atoms with E-state index in [2.05, 4.69) is 107 Å². The summed E-state index contributed by atoms with van der Waals surface area (Å²) in [6, 6.07) is 39.9. The van der Waals surface area contributed by atoms with Crippen molar-refractivity contribution in [1.82, 2.24) is 9.55 Å². The number of para-hydroxylation sites is 3. The Morgan fingerprint density at radius 1 is 0.576 bits per heavy atom. The maximum Gasteiger partial charge on any atom is 0.140 e. The van der Waals surface area contributed by atoms with E-state index in [1.54, 1.807) is 12.3 Å². The van der Waals surface area contributed by atoms with Gasteiger partial charge in [0.15, 0.2) is 0 Å². The lowest BCUT2D eigenvalue weighted by molar-refractivity contribution is 1.18. The van der Waals surface area contributed by atoms with Crippen molar-refractivity contribution in [2.75, 3.05) is 0 Å². The van der Waals surface area contributed by atoms with Gasteiger partial charge in [-0.3, -0.25) is 0 Å². The van der Waals surface area contributed by atoms with Crippen molar-refractivity contribution in [3.63, 3.8) is 0 Å². The minimum atomic E-state index is 0.418. The molecule has 2 heterocycles. The molecule has 154 valence electrons. The molecule has 0 bridgehead atoms. The third-order valence-electron chi connectivity index (χ3n) is 6.13. The quantitative estimate of drug-likeness (QED) is 0.299. The van der Waals surface area contributed by atoms with Gasteiger partial charge in [0.25, 0.3) is 0 Å². The van der Waals surface area contributed by atoms with E-state index in [4.69, 9.17) is 5.26 Å². The summed E-state index contributed by atoms with van der Waals surface area (Å²) in [5, 5.41) is 11.6. The van der Waals surface area contributed by atoms with Crippen molar-refractivity contribution in [3.05, 3.63) is 121 Å². The highest BCUT2D eigenvalue weighted by atomic mass is 15.0. The van der Waals surface area contributed by atoms with Crippen molar-refractivity contribution in [3.8, 4) is 34.0 Å². The van der Waals surface area contributed by atoms with Crippen molar-refractivity contribution in [2.45, 2.75) is 0 Å². The van der Waals surface area contributed by atoms with Crippen LogP contribution in [0.3, 0.4) is 0 Å². The molecule has 6 aromatic rings. The predicted octanol–water partition coefficient (Wildman–Crippen LogP) is 7.38. The zero-order chi connectivity index (χ0) is 22.2. The van der Waals surface area contributed by atoms with Gasteiger partial charge in [-0.1, -0.05) is 78.9 Å². The van der Waals surface area contributed by atoms with Gasteiger partial charge in [-0.15, -0.1) is 0 Å². The molecule has 2 aromatic heterocycles. The molecule has 0 spiro atoms. The standard InChI is InChI=1S/C30H19N3/c31-19-22-18-17-21(20-32-22)23-9-1-2-10-24(23)25-11-3-6-14-28(25)33-29-15-7-4-12-26(29)27-13-5-8-16-30(27)33/h1-18,20H. The predicted molar refractivity (Wildman–Crippen MR) is 134 cm³/mol. The second kappa shape index (κ2) is 7.78. The minimum Gasteiger partial charge on any atom is -0.309 e. The number of nitriles is 1. The minimum absolute atomic E-state index is 0.418. The summed E-state index contributed by atoms with van der Waals surface area (Å²) in [4.78, 5) is 4.30. The van der Waals surface area contributed by atoms with Gasteiger partial charge in [-0.2, -0.15) is 5.26 Å². The lowest BCUT2D eigenvalue weighted by Gasteiger charge is -2.16. The summed E-state index contributed by atoms with van der Waals surface area (Å²) in [6.45, 7) is 0. The van der Waals surface area contributed by atoms with Gasteiger partial charge >= 0.3 is 0 Å². The fourth-order valence-corrected chi connectivity index (χ4v) is 4.67. The lowest BCUT2D eigenvalue weighted by Crippen LogP contribution is -1.98. The number of nitrogens with zero attached hydrogens (tertiary/aromatic N) is 3. The molecule has 4 aromatic carbocycles. The monoisotopic (exact) mass is 421 g/mol. The molecule has 0 saturated heterocycles. The highest BCUT2D eigenvalue weighted by molar-refractivity contribution is 6.09. The Balaban J connectivity index is 1.64. The van der Waals surface area contributed by atoms with E-state index in [-0.39, 0.29) is 0 Å². The molecule has 3 heteroatoms. The van der Waals surface area contributed by atoms with E-state index < -0.39 is 0 Å². The first-order valence-electron chi connectivity index (χ1n) is 10.9. The largest absolute Gasteiger partial charge is 0.309 e. The van der Waals surface area contributed by atoms with Crippen LogP contribution in [-0.4, -0.2) is 9.55 Å². The van der Waals surface area contributed by atoms with Gasteiger partial charge in [-0.25, -0.2) is 4.98 Å². The summed E-state index contributed by atoms with van der Waals surface area (Å²) in [6.07, 6.45) is 1.78. The summed E-state index contributed by atoms with van der Waals surface area (Å²) in [7, 11) is 0. The van der Waals surface area contributed by atoms with E-state index in [0.717, 1.165) is 27.9 Å². The third kappa shape index (κ3) is 3.09. The van der Waals surface area contributed by atoms with Gasteiger partial charge in [-0.05, 0) is 41.5 Å². The Kier molecular flexibility index (Phi) is 4.49. The number of hydrogen-bond acceptors (Lipinski definition) is 2. The van der Waals surface area contributed by atoms with Crippen molar-refractivity contribution in [1.29, 1.82) is 5.26 Å². The summed E-state index contributed by atoms with van der Waals surface area (Å²) >= 11 is 0. The second-order valence-corrected chi connectivity index (χ2v) is 7.98. The summed E-state index contributed by atoms with van der Waals surface area (Å²) in [5.74, 6) is 0. The Hall–Kier alpha value is -4.68. The molecule has 0 aliphatic carbocycles. The van der Waals surface area contributed by atoms with Crippen LogP contribution in [0.2, 0.25) is 0 Å². The molecular weight excluding hydrogens is 402 g/mol. The number of pyridine rings is 1. The van der Waals surface area contributed by atoms with E-state index in [1.807, 2.05) is 12.1 Å². The van der Waals surface area contributed by atoms with Gasteiger partial charge in [0.05, 0.1) is 16.7 Å².